The van der Waals surface area contributed by atoms with E-state index >= 15 is 0 Å². The summed E-state index contributed by atoms with van der Waals surface area (Å²) < 4.78 is 18.4. The van der Waals surface area contributed by atoms with Crippen LogP contribution in [0.2, 0.25) is 0 Å². The summed E-state index contributed by atoms with van der Waals surface area (Å²) in [6.45, 7) is 5.10. The predicted octanol–water partition coefficient (Wildman–Crippen LogP) is 2.19. The average molecular weight is 309 g/mol. The molecule has 0 radical (unpaired) electrons. The summed E-state index contributed by atoms with van der Waals surface area (Å²) in [7, 11) is 0. The molecule has 0 aliphatic rings. The van der Waals surface area contributed by atoms with Crippen LogP contribution in [0.1, 0.15) is 26.3 Å². The fraction of sp³-hybridized carbons (Fsp3) is 0.357. The van der Waals surface area contributed by atoms with E-state index in [1.54, 1.807) is 20.8 Å². The second-order valence-electron chi connectivity index (χ2n) is 5.31. The second-order valence-corrected chi connectivity index (χ2v) is 5.31. The molecule has 1 amide bonds. The van der Waals surface area contributed by atoms with Gasteiger partial charge in [0.05, 0.1) is 11.5 Å². The number of rotatable bonds is 2. The van der Waals surface area contributed by atoms with Crippen LogP contribution >= 0.6 is 0 Å². The maximum absolute atomic E-state index is 13.4. The Hall–Kier alpha value is -2.82. The van der Waals surface area contributed by atoms with Crippen LogP contribution in [0.15, 0.2) is 12.1 Å². The molecule has 0 fully saturated rings. The number of carbonyl (C=O) groups is 1. The number of benzene rings is 1. The fourth-order valence-electron chi connectivity index (χ4n) is 1.40. The van der Waals surface area contributed by atoms with Gasteiger partial charge in [-0.1, -0.05) is 11.8 Å². The zero-order valence-electron chi connectivity index (χ0n) is 12.4. The molecule has 0 aromatic heterocycles. The standard InChI is InChI=1S/C14H16FN3O4/c1-14(2,3)22-13(19)17-6-4-5-9-7-10(15)12(16)11(8-9)18(20)21/h7-8H,6,16H2,1-3H3,(H,17,19). The van der Waals surface area contributed by atoms with Crippen molar-refractivity contribution in [3.05, 3.63) is 33.6 Å². The molecule has 0 spiro atoms. The highest BCUT2D eigenvalue weighted by Gasteiger charge is 2.17. The van der Waals surface area contributed by atoms with Crippen LogP contribution in [0, 0.1) is 27.8 Å². The molecule has 22 heavy (non-hydrogen) atoms. The largest absolute Gasteiger partial charge is 0.444 e. The van der Waals surface area contributed by atoms with Gasteiger partial charge >= 0.3 is 6.09 Å². The molecule has 1 rings (SSSR count). The maximum Gasteiger partial charge on any atom is 0.408 e. The van der Waals surface area contributed by atoms with Crippen LogP contribution in [0.4, 0.5) is 20.6 Å². The molecule has 0 aliphatic heterocycles. The zero-order chi connectivity index (χ0) is 16.9. The number of nitrogens with two attached hydrogens (primary N) is 1. The first-order valence-corrected chi connectivity index (χ1v) is 6.29. The molecule has 1 aromatic carbocycles. The SMILES string of the molecule is CC(C)(C)OC(=O)NCC#Cc1cc(F)c(N)c([N+](=O)[O-])c1. The first kappa shape index (κ1) is 17.2. The minimum Gasteiger partial charge on any atom is -0.444 e. The number of nitrogens with zero attached hydrogens (tertiary/aromatic N) is 1. The molecule has 8 heteroatoms. The van der Waals surface area contributed by atoms with E-state index in [4.69, 9.17) is 10.5 Å². The number of hydrogen-bond donors (Lipinski definition) is 2. The van der Waals surface area contributed by atoms with Crippen molar-refractivity contribution in [1.82, 2.24) is 5.32 Å². The summed E-state index contributed by atoms with van der Waals surface area (Å²) in [4.78, 5) is 21.3. The van der Waals surface area contributed by atoms with E-state index in [0.29, 0.717) is 0 Å². The van der Waals surface area contributed by atoms with E-state index < -0.39 is 33.8 Å². The number of nitro benzene ring substituents is 1. The number of halogens is 1. The van der Waals surface area contributed by atoms with Crippen LogP contribution in [0.5, 0.6) is 0 Å². The third-order valence-corrected chi connectivity index (χ3v) is 2.26. The second kappa shape index (κ2) is 6.76. The first-order valence-electron chi connectivity index (χ1n) is 6.29. The lowest BCUT2D eigenvalue weighted by atomic mass is 10.1. The molecule has 3 N–H and O–H groups in total. The van der Waals surface area contributed by atoms with Crippen molar-refractivity contribution in [2.75, 3.05) is 12.3 Å². The van der Waals surface area contributed by atoms with Gasteiger partial charge in [0.25, 0.3) is 5.69 Å². The molecular formula is C14H16FN3O4. The Kier molecular flexibility index (Phi) is 5.29. The summed E-state index contributed by atoms with van der Waals surface area (Å²) in [6.07, 6.45) is -0.642. The number of carbonyl (C=O) groups excluding carboxylic acids is 1. The number of ether oxygens (including phenoxy) is 1. The smallest absolute Gasteiger partial charge is 0.408 e. The van der Waals surface area contributed by atoms with Crippen LogP contribution in [-0.2, 0) is 4.74 Å². The molecule has 0 saturated heterocycles. The van der Waals surface area contributed by atoms with Gasteiger partial charge in [0.2, 0.25) is 0 Å². The van der Waals surface area contributed by atoms with Crippen LogP contribution in [0.3, 0.4) is 0 Å². The number of amides is 1. The molecule has 118 valence electrons. The third-order valence-electron chi connectivity index (χ3n) is 2.26. The molecular weight excluding hydrogens is 293 g/mol. The predicted molar refractivity (Wildman–Crippen MR) is 78.6 cm³/mol. The summed E-state index contributed by atoms with van der Waals surface area (Å²) in [5, 5.41) is 13.1. The maximum atomic E-state index is 13.4. The van der Waals surface area contributed by atoms with E-state index in [1.807, 2.05) is 0 Å². The number of alkyl carbamates (subject to hydrolysis) is 1. The van der Waals surface area contributed by atoms with Gasteiger partial charge in [-0.25, -0.2) is 9.18 Å². The van der Waals surface area contributed by atoms with Crippen molar-refractivity contribution in [3.8, 4) is 11.8 Å². The summed E-state index contributed by atoms with van der Waals surface area (Å²) in [5.41, 5.74) is 3.64. The molecule has 0 atom stereocenters. The Bertz CT molecular complexity index is 657. The van der Waals surface area contributed by atoms with E-state index in [-0.39, 0.29) is 12.1 Å². The van der Waals surface area contributed by atoms with E-state index in [1.165, 1.54) is 0 Å². The lowest BCUT2D eigenvalue weighted by molar-refractivity contribution is -0.384. The highest BCUT2D eigenvalue weighted by atomic mass is 19.1. The van der Waals surface area contributed by atoms with Gasteiger partial charge in [-0.05, 0) is 26.8 Å². The van der Waals surface area contributed by atoms with Gasteiger partial charge in [-0.15, -0.1) is 0 Å². The molecule has 0 heterocycles. The molecule has 0 unspecified atom stereocenters. The van der Waals surface area contributed by atoms with Gasteiger partial charge in [0.15, 0.2) is 5.82 Å². The third kappa shape index (κ3) is 5.28. The monoisotopic (exact) mass is 309 g/mol. The first-order chi connectivity index (χ1) is 10.1. The van der Waals surface area contributed by atoms with Crippen molar-refractivity contribution in [3.63, 3.8) is 0 Å². The van der Waals surface area contributed by atoms with Gasteiger partial charge in [0, 0.05) is 11.6 Å². The molecule has 7 nitrogen and oxygen atoms in total. The van der Waals surface area contributed by atoms with Crippen molar-refractivity contribution in [2.45, 2.75) is 26.4 Å². The van der Waals surface area contributed by atoms with Crippen molar-refractivity contribution in [1.29, 1.82) is 0 Å². The normalized spacial score (nSPS) is 10.4. The highest BCUT2D eigenvalue weighted by molar-refractivity contribution is 5.68. The highest BCUT2D eigenvalue weighted by Crippen LogP contribution is 2.25. The van der Waals surface area contributed by atoms with Crippen molar-refractivity contribution < 1.29 is 18.8 Å². The Morgan fingerprint density at radius 2 is 2.14 bits per heavy atom. The number of hydrogen-bond acceptors (Lipinski definition) is 5. The van der Waals surface area contributed by atoms with Gasteiger partial charge < -0.3 is 15.8 Å². The number of anilines is 1. The van der Waals surface area contributed by atoms with E-state index in [0.717, 1.165) is 12.1 Å². The van der Waals surface area contributed by atoms with E-state index in [2.05, 4.69) is 17.2 Å². The summed E-state index contributed by atoms with van der Waals surface area (Å²) in [6, 6.07) is 2.06. The van der Waals surface area contributed by atoms with E-state index in [9.17, 15) is 19.3 Å². The molecule has 0 aliphatic carbocycles. The van der Waals surface area contributed by atoms with Crippen molar-refractivity contribution >= 4 is 17.5 Å². The minimum atomic E-state index is -0.918. The zero-order valence-corrected chi connectivity index (χ0v) is 12.4. The fourth-order valence-corrected chi connectivity index (χ4v) is 1.40. The lowest BCUT2D eigenvalue weighted by Crippen LogP contribution is -2.32. The Balaban J connectivity index is 2.73. The average Bonchev–Trinajstić information content (AvgIpc) is 2.36. The topological polar surface area (TPSA) is 107 Å². The molecule has 0 bridgehead atoms. The Labute approximate surface area is 126 Å². The lowest BCUT2D eigenvalue weighted by Gasteiger charge is -2.18. The summed E-state index contributed by atoms with van der Waals surface area (Å²) >= 11 is 0. The number of nitrogen functional groups attached to an aromatic ring is 1. The summed E-state index contributed by atoms with van der Waals surface area (Å²) in [5.74, 6) is 4.13. The van der Waals surface area contributed by atoms with Crippen LogP contribution < -0.4 is 11.1 Å². The van der Waals surface area contributed by atoms with Gasteiger partial charge in [-0.2, -0.15) is 0 Å². The quantitative estimate of drug-likeness (QED) is 0.377. The van der Waals surface area contributed by atoms with Crippen LogP contribution in [-0.4, -0.2) is 23.2 Å². The number of nitrogens with one attached hydrogen (secondary N) is 1. The number of nitro groups is 1. The van der Waals surface area contributed by atoms with Crippen LogP contribution in [0.25, 0.3) is 0 Å². The Morgan fingerprint density at radius 3 is 2.68 bits per heavy atom. The van der Waals surface area contributed by atoms with Crippen molar-refractivity contribution in [2.24, 2.45) is 0 Å². The minimum absolute atomic E-state index is 0.0469. The van der Waals surface area contributed by atoms with Gasteiger partial charge in [0.1, 0.15) is 11.3 Å². The van der Waals surface area contributed by atoms with Gasteiger partial charge in [-0.3, -0.25) is 10.1 Å². The Morgan fingerprint density at radius 1 is 1.50 bits per heavy atom. The molecule has 0 saturated carbocycles. The molecule has 1 aromatic rings.